The molecule has 0 aromatic heterocycles. The van der Waals surface area contributed by atoms with Crippen LogP contribution in [0.25, 0.3) is 0 Å². The Labute approximate surface area is 202 Å². The zero-order valence-electron chi connectivity index (χ0n) is 20.6. The van der Waals surface area contributed by atoms with Crippen LogP contribution >= 0.6 is 0 Å². The predicted octanol–water partition coefficient (Wildman–Crippen LogP) is 3.10. The lowest BCUT2D eigenvalue weighted by Crippen LogP contribution is -2.51. The maximum absolute atomic E-state index is 13.5. The lowest BCUT2D eigenvalue weighted by molar-refractivity contribution is -0.139. The lowest BCUT2D eigenvalue weighted by atomic mass is 10.1. The van der Waals surface area contributed by atoms with Crippen molar-refractivity contribution < 1.29 is 22.7 Å². The van der Waals surface area contributed by atoms with Crippen molar-refractivity contribution in [2.24, 2.45) is 0 Å². The SMILES string of the molecule is CCCCNC(=O)C(C)N(Cc1cccc(OC)c1)C(=O)CN(c1ccccc1C)S(C)(=O)=O. The number of benzene rings is 2. The smallest absolute Gasteiger partial charge is 0.244 e. The molecule has 1 N–H and O–H groups in total. The Bertz CT molecular complexity index is 1090. The highest BCUT2D eigenvalue weighted by Crippen LogP contribution is 2.23. The largest absolute Gasteiger partial charge is 0.497 e. The number of nitrogens with zero attached hydrogens (tertiary/aromatic N) is 2. The van der Waals surface area contributed by atoms with Crippen molar-refractivity contribution in [2.75, 3.05) is 30.8 Å². The molecule has 0 heterocycles. The van der Waals surface area contributed by atoms with Gasteiger partial charge in [0, 0.05) is 13.1 Å². The van der Waals surface area contributed by atoms with Gasteiger partial charge in [0.1, 0.15) is 18.3 Å². The molecule has 8 nitrogen and oxygen atoms in total. The fraction of sp³-hybridized carbons (Fsp3) is 0.440. The molecule has 1 atom stereocenters. The summed E-state index contributed by atoms with van der Waals surface area (Å²) in [5.41, 5.74) is 1.92. The molecule has 0 bridgehead atoms. The van der Waals surface area contributed by atoms with Crippen molar-refractivity contribution in [3.8, 4) is 5.75 Å². The number of methoxy groups -OCH3 is 1. The molecule has 0 fully saturated rings. The fourth-order valence-electron chi connectivity index (χ4n) is 3.52. The first-order valence-electron chi connectivity index (χ1n) is 11.3. The number of ether oxygens (including phenoxy) is 1. The first-order valence-corrected chi connectivity index (χ1v) is 13.2. The van der Waals surface area contributed by atoms with Crippen LogP contribution in [0.5, 0.6) is 5.75 Å². The summed E-state index contributed by atoms with van der Waals surface area (Å²) in [5.74, 6) is -0.135. The number of para-hydroxylation sites is 1. The van der Waals surface area contributed by atoms with Gasteiger partial charge in [0.25, 0.3) is 0 Å². The Morgan fingerprint density at radius 2 is 1.82 bits per heavy atom. The van der Waals surface area contributed by atoms with E-state index in [4.69, 9.17) is 4.74 Å². The highest BCUT2D eigenvalue weighted by atomic mass is 32.2. The van der Waals surface area contributed by atoms with Crippen LogP contribution in [0, 0.1) is 6.92 Å². The van der Waals surface area contributed by atoms with Gasteiger partial charge >= 0.3 is 0 Å². The third kappa shape index (κ3) is 7.48. The van der Waals surface area contributed by atoms with Crippen LogP contribution in [0.15, 0.2) is 48.5 Å². The van der Waals surface area contributed by atoms with Gasteiger partial charge in [-0.2, -0.15) is 0 Å². The molecular weight excluding hydrogens is 454 g/mol. The molecule has 0 aliphatic carbocycles. The van der Waals surface area contributed by atoms with Gasteiger partial charge in [0.2, 0.25) is 21.8 Å². The van der Waals surface area contributed by atoms with Crippen molar-refractivity contribution >= 4 is 27.5 Å². The van der Waals surface area contributed by atoms with Gasteiger partial charge in [0.05, 0.1) is 19.1 Å². The lowest BCUT2D eigenvalue weighted by Gasteiger charge is -2.32. The van der Waals surface area contributed by atoms with Gasteiger partial charge in [-0.1, -0.05) is 43.7 Å². The van der Waals surface area contributed by atoms with E-state index < -0.39 is 28.5 Å². The highest BCUT2D eigenvalue weighted by Gasteiger charge is 2.30. The minimum absolute atomic E-state index is 0.129. The number of carbonyl (C=O) groups is 2. The van der Waals surface area contributed by atoms with Crippen LogP contribution in [0.3, 0.4) is 0 Å². The van der Waals surface area contributed by atoms with Crippen LogP contribution in [-0.4, -0.2) is 57.6 Å². The third-order valence-electron chi connectivity index (χ3n) is 5.55. The number of rotatable bonds is 12. The molecular formula is C25H35N3O5S. The van der Waals surface area contributed by atoms with Crippen molar-refractivity contribution in [3.63, 3.8) is 0 Å². The fourth-order valence-corrected chi connectivity index (χ4v) is 4.43. The van der Waals surface area contributed by atoms with Crippen LogP contribution in [-0.2, 0) is 26.2 Å². The molecule has 0 saturated carbocycles. The quantitative estimate of drug-likeness (QED) is 0.462. The van der Waals surface area contributed by atoms with Gasteiger partial charge in [-0.3, -0.25) is 13.9 Å². The van der Waals surface area contributed by atoms with E-state index in [9.17, 15) is 18.0 Å². The number of unbranched alkanes of at least 4 members (excludes halogenated alkanes) is 1. The Hall–Kier alpha value is -3.07. The van der Waals surface area contributed by atoms with Crippen LogP contribution < -0.4 is 14.4 Å². The first kappa shape index (κ1) is 27.2. The number of hydrogen-bond acceptors (Lipinski definition) is 5. The summed E-state index contributed by atoms with van der Waals surface area (Å²) in [6.45, 7) is 5.69. The summed E-state index contributed by atoms with van der Waals surface area (Å²) in [5, 5.41) is 2.86. The second-order valence-electron chi connectivity index (χ2n) is 8.25. The second-order valence-corrected chi connectivity index (χ2v) is 10.2. The molecule has 2 amide bonds. The van der Waals surface area contributed by atoms with E-state index >= 15 is 0 Å². The molecule has 0 spiro atoms. The molecule has 0 aliphatic rings. The zero-order valence-corrected chi connectivity index (χ0v) is 21.4. The number of aryl methyl sites for hydroxylation is 1. The zero-order chi connectivity index (χ0) is 25.3. The second kappa shape index (κ2) is 12.4. The van der Waals surface area contributed by atoms with Crippen LogP contribution in [0.1, 0.15) is 37.8 Å². The van der Waals surface area contributed by atoms with E-state index in [2.05, 4.69) is 5.32 Å². The summed E-state index contributed by atoms with van der Waals surface area (Å²) >= 11 is 0. The summed E-state index contributed by atoms with van der Waals surface area (Å²) in [4.78, 5) is 27.8. The van der Waals surface area contributed by atoms with Gasteiger partial charge < -0.3 is 15.0 Å². The predicted molar refractivity (Wildman–Crippen MR) is 134 cm³/mol. The molecule has 1 unspecified atom stereocenters. The Balaban J connectivity index is 2.37. The molecule has 2 aromatic carbocycles. The third-order valence-corrected chi connectivity index (χ3v) is 6.67. The molecule has 2 aromatic rings. The summed E-state index contributed by atoms with van der Waals surface area (Å²) < 4.78 is 31.6. The number of sulfonamides is 1. The molecule has 186 valence electrons. The minimum atomic E-state index is -3.75. The molecule has 9 heteroatoms. The van der Waals surface area contributed by atoms with Crippen LogP contribution in [0.4, 0.5) is 5.69 Å². The van der Waals surface area contributed by atoms with Crippen molar-refractivity contribution in [2.45, 2.75) is 46.2 Å². The average molecular weight is 490 g/mol. The van der Waals surface area contributed by atoms with Gasteiger partial charge in [-0.25, -0.2) is 8.42 Å². The Morgan fingerprint density at radius 3 is 2.44 bits per heavy atom. The molecule has 0 aliphatic heterocycles. The van der Waals surface area contributed by atoms with Gasteiger partial charge in [0.15, 0.2) is 0 Å². The van der Waals surface area contributed by atoms with E-state index in [1.54, 1.807) is 63.4 Å². The van der Waals surface area contributed by atoms with E-state index in [0.29, 0.717) is 18.0 Å². The van der Waals surface area contributed by atoms with E-state index in [-0.39, 0.29) is 12.5 Å². The molecule has 0 radical (unpaired) electrons. The van der Waals surface area contributed by atoms with E-state index in [1.807, 2.05) is 13.0 Å². The number of amides is 2. The standard InChI is InChI=1S/C25H35N3O5S/c1-6-7-15-26-25(30)20(3)27(17-21-12-10-13-22(16-21)33-4)24(29)18-28(34(5,31)32)23-14-9-8-11-19(23)2/h8-14,16,20H,6-7,15,17-18H2,1-5H3,(H,26,30). The van der Waals surface area contributed by atoms with E-state index in [1.165, 1.54) is 4.90 Å². The number of carbonyl (C=O) groups excluding carboxylic acids is 2. The van der Waals surface area contributed by atoms with E-state index in [0.717, 1.165) is 34.5 Å². The molecule has 2 rings (SSSR count). The summed E-state index contributed by atoms with van der Waals surface area (Å²) in [6.07, 6.45) is 2.83. The summed E-state index contributed by atoms with van der Waals surface area (Å²) in [7, 11) is -2.20. The normalized spacial score (nSPS) is 12.0. The number of hydrogen-bond donors (Lipinski definition) is 1. The maximum atomic E-state index is 13.5. The Kier molecular flexibility index (Phi) is 9.92. The van der Waals surface area contributed by atoms with Crippen LogP contribution in [0.2, 0.25) is 0 Å². The molecule has 34 heavy (non-hydrogen) atoms. The van der Waals surface area contributed by atoms with Crippen molar-refractivity contribution in [1.82, 2.24) is 10.2 Å². The van der Waals surface area contributed by atoms with Crippen molar-refractivity contribution in [3.05, 3.63) is 59.7 Å². The number of anilines is 1. The maximum Gasteiger partial charge on any atom is 0.244 e. The topological polar surface area (TPSA) is 96.0 Å². The minimum Gasteiger partial charge on any atom is -0.497 e. The highest BCUT2D eigenvalue weighted by molar-refractivity contribution is 7.92. The Morgan fingerprint density at radius 1 is 1.12 bits per heavy atom. The number of nitrogens with one attached hydrogen (secondary N) is 1. The monoisotopic (exact) mass is 489 g/mol. The average Bonchev–Trinajstić information content (AvgIpc) is 2.80. The molecule has 0 saturated heterocycles. The van der Waals surface area contributed by atoms with Gasteiger partial charge in [-0.05, 0) is 49.6 Å². The summed E-state index contributed by atoms with van der Waals surface area (Å²) in [6, 6.07) is 13.4. The van der Waals surface area contributed by atoms with Crippen molar-refractivity contribution in [1.29, 1.82) is 0 Å². The van der Waals surface area contributed by atoms with Gasteiger partial charge in [-0.15, -0.1) is 0 Å². The first-order chi connectivity index (χ1) is 16.1.